The van der Waals surface area contributed by atoms with Gasteiger partial charge in [-0.15, -0.1) is 11.3 Å². The number of rotatable bonds is 7. The highest BCUT2D eigenvalue weighted by Gasteiger charge is 2.19. The van der Waals surface area contributed by atoms with Crippen LogP contribution in [0.15, 0.2) is 40.9 Å². The molecule has 1 aromatic carbocycles. The first-order valence-corrected chi connectivity index (χ1v) is 12.2. The van der Waals surface area contributed by atoms with Gasteiger partial charge in [0.05, 0.1) is 21.9 Å². The number of hydrogen-bond acceptors (Lipinski definition) is 6. The van der Waals surface area contributed by atoms with Gasteiger partial charge in [-0.2, -0.15) is 0 Å². The van der Waals surface area contributed by atoms with Crippen LogP contribution < -0.4 is 10.1 Å². The van der Waals surface area contributed by atoms with Gasteiger partial charge in [-0.25, -0.2) is 0 Å². The summed E-state index contributed by atoms with van der Waals surface area (Å²) in [6, 6.07) is 10.9. The largest absolute Gasteiger partial charge is 0.490 e. The molecule has 1 aliphatic heterocycles. The maximum atomic E-state index is 12.2. The van der Waals surface area contributed by atoms with Crippen LogP contribution >= 0.6 is 22.9 Å². The number of nitrogens with zero attached hydrogens (tertiary/aromatic N) is 2. The first-order valence-electron chi connectivity index (χ1n) is 11.0. The molecule has 4 rings (SSSR count). The second-order valence-corrected chi connectivity index (χ2v) is 9.95. The minimum absolute atomic E-state index is 0.0357. The second kappa shape index (κ2) is 10.4. The molecule has 3 heterocycles. The van der Waals surface area contributed by atoms with Gasteiger partial charge in [0.25, 0.3) is 5.91 Å². The summed E-state index contributed by atoms with van der Waals surface area (Å²) in [5.41, 5.74) is 2.22. The van der Waals surface area contributed by atoms with Gasteiger partial charge in [-0.1, -0.05) is 22.8 Å². The minimum atomic E-state index is -0.214. The van der Waals surface area contributed by atoms with Crippen molar-refractivity contribution >= 4 is 34.7 Å². The number of amidine groups is 1. The third kappa shape index (κ3) is 5.75. The van der Waals surface area contributed by atoms with Crippen LogP contribution in [0.4, 0.5) is 0 Å². The third-order valence-electron chi connectivity index (χ3n) is 5.35. The average Bonchev–Trinajstić information content (AvgIpc) is 3.46. The molecule has 2 aromatic heterocycles. The molecule has 7 nitrogen and oxygen atoms in total. The number of ether oxygens (including phenoxy) is 1. The molecule has 9 heteroatoms. The summed E-state index contributed by atoms with van der Waals surface area (Å²) in [5.74, 6) is 1.49. The Bertz CT molecular complexity index is 1130. The molecule has 174 valence electrons. The molecule has 0 spiro atoms. The van der Waals surface area contributed by atoms with Gasteiger partial charge in [0.2, 0.25) is 0 Å². The molecule has 1 aliphatic rings. The van der Waals surface area contributed by atoms with E-state index in [1.165, 1.54) is 17.8 Å². The molecule has 1 fully saturated rings. The van der Waals surface area contributed by atoms with E-state index in [0.717, 1.165) is 37.1 Å². The molecule has 0 radical (unpaired) electrons. The minimum Gasteiger partial charge on any atom is -0.490 e. The van der Waals surface area contributed by atoms with Crippen LogP contribution in [-0.4, -0.2) is 41.0 Å². The van der Waals surface area contributed by atoms with Gasteiger partial charge >= 0.3 is 0 Å². The van der Waals surface area contributed by atoms with Crippen molar-refractivity contribution in [1.82, 2.24) is 15.4 Å². The lowest BCUT2D eigenvalue weighted by molar-refractivity contribution is 0.0951. The standard InChI is InChI=1S/C24H27ClN4O3S/c1-15(2)31-20-12-16(23(26)29-10-4-3-5-11-29)6-7-18(20)19-13-17(32-28-19)14-27-24(30)21-8-9-22(25)33-21/h6-9,12-13,15,26H,3-5,10-11,14H2,1-2H3,(H,27,30). The Morgan fingerprint density at radius 2 is 2.03 bits per heavy atom. The van der Waals surface area contributed by atoms with E-state index in [2.05, 4.69) is 15.4 Å². The van der Waals surface area contributed by atoms with Crippen molar-refractivity contribution < 1.29 is 14.1 Å². The van der Waals surface area contributed by atoms with Crippen LogP contribution in [0, 0.1) is 5.41 Å². The number of halogens is 1. The van der Waals surface area contributed by atoms with Crippen molar-refractivity contribution in [2.45, 2.75) is 45.8 Å². The molecule has 3 aromatic rings. The zero-order chi connectivity index (χ0) is 23.4. The van der Waals surface area contributed by atoms with Gasteiger partial charge in [0, 0.05) is 30.3 Å². The molecule has 0 unspecified atom stereocenters. The summed E-state index contributed by atoms with van der Waals surface area (Å²) in [6.45, 7) is 5.97. The third-order valence-corrected chi connectivity index (χ3v) is 6.58. The van der Waals surface area contributed by atoms with E-state index < -0.39 is 0 Å². The Labute approximate surface area is 202 Å². The average molecular weight is 487 g/mol. The normalized spacial score (nSPS) is 13.9. The summed E-state index contributed by atoms with van der Waals surface area (Å²) in [6.07, 6.45) is 3.42. The first-order chi connectivity index (χ1) is 15.9. The van der Waals surface area contributed by atoms with Crippen LogP contribution in [0.1, 0.15) is 54.1 Å². The number of carbonyl (C=O) groups excluding carboxylic acids is 1. The molecule has 0 bridgehead atoms. The topological polar surface area (TPSA) is 91.5 Å². The smallest absolute Gasteiger partial charge is 0.261 e. The van der Waals surface area contributed by atoms with Crippen molar-refractivity contribution in [2.75, 3.05) is 13.1 Å². The number of aromatic nitrogens is 1. The molecular formula is C24H27ClN4O3S. The number of piperidine rings is 1. The van der Waals surface area contributed by atoms with Crippen LogP contribution in [0.3, 0.4) is 0 Å². The maximum Gasteiger partial charge on any atom is 0.261 e. The molecule has 1 amide bonds. The lowest BCUT2D eigenvalue weighted by Gasteiger charge is -2.29. The van der Waals surface area contributed by atoms with Crippen molar-refractivity contribution in [3.05, 3.63) is 56.9 Å². The van der Waals surface area contributed by atoms with E-state index in [1.54, 1.807) is 18.2 Å². The predicted octanol–water partition coefficient (Wildman–Crippen LogP) is 5.58. The number of benzene rings is 1. The van der Waals surface area contributed by atoms with E-state index in [1.807, 2.05) is 32.0 Å². The Morgan fingerprint density at radius 3 is 2.73 bits per heavy atom. The molecular weight excluding hydrogens is 460 g/mol. The fourth-order valence-corrected chi connectivity index (χ4v) is 4.71. The van der Waals surface area contributed by atoms with Crippen molar-refractivity contribution in [1.29, 1.82) is 5.41 Å². The Kier molecular flexibility index (Phi) is 7.35. The highest BCUT2D eigenvalue weighted by molar-refractivity contribution is 7.17. The molecule has 2 N–H and O–H groups in total. The van der Waals surface area contributed by atoms with Gasteiger partial charge < -0.3 is 19.5 Å². The van der Waals surface area contributed by atoms with E-state index in [-0.39, 0.29) is 18.6 Å². The first kappa shape index (κ1) is 23.3. The predicted molar refractivity (Wildman–Crippen MR) is 130 cm³/mol. The number of hydrogen-bond donors (Lipinski definition) is 2. The van der Waals surface area contributed by atoms with Crippen LogP contribution in [0.2, 0.25) is 4.34 Å². The van der Waals surface area contributed by atoms with Crippen molar-refractivity contribution in [2.24, 2.45) is 0 Å². The number of nitrogens with one attached hydrogen (secondary N) is 2. The fourth-order valence-electron chi connectivity index (χ4n) is 3.75. The van der Waals surface area contributed by atoms with Crippen LogP contribution in [0.25, 0.3) is 11.3 Å². The van der Waals surface area contributed by atoms with Gasteiger partial charge in [-0.05, 0) is 57.4 Å². The summed E-state index contributed by atoms with van der Waals surface area (Å²) in [5, 5.41) is 15.6. The van der Waals surface area contributed by atoms with Crippen LogP contribution in [0.5, 0.6) is 5.75 Å². The lowest BCUT2D eigenvalue weighted by Crippen LogP contribution is -2.35. The van der Waals surface area contributed by atoms with Crippen molar-refractivity contribution in [3.8, 4) is 17.0 Å². The number of amides is 1. The van der Waals surface area contributed by atoms with Gasteiger partial charge in [-0.3, -0.25) is 10.2 Å². The second-order valence-electron chi connectivity index (χ2n) is 8.24. The molecule has 0 atom stereocenters. The number of carbonyl (C=O) groups is 1. The Hall–Kier alpha value is -2.84. The molecule has 33 heavy (non-hydrogen) atoms. The van der Waals surface area contributed by atoms with E-state index in [4.69, 9.17) is 26.3 Å². The summed E-state index contributed by atoms with van der Waals surface area (Å²) in [7, 11) is 0. The molecule has 1 saturated heterocycles. The quantitative estimate of drug-likeness (QED) is 0.335. The van der Waals surface area contributed by atoms with Gasteiger partial charge in [0.1, 0.15) is 17.3 Å². The summed E-state index contributed by atoms with van der Waals surface area (Å²) < 4.78 is 12.1. The summed E-state index contributed by atoms with van der Waals surface area (Å²) in [4.78, 5) is 14.9. The lowest BCUT2D eigenvalue weighted by atomic mass is 10.0. The SMILES string of the molecule is CC(C)Oc1cc(C(=N)N2CCCCC2)ccc1-c1cc(CNC(=O)c2ccc(Cl)s2)on1. The molecule has 0 saturated carbocycles. The van der Waals surface area contributed by atoms with E-state index >= 15 is 0 Å². The van der Waals surface area contributed by atoms with E-state index in [9.17, 15) is 4.79 Å². The fraction of sp³-hybridized carbons (Fsp3) is 0.375. The Balaban J connectivity index is 1.51. The van der Waals surface area contributed by atoms with Crippen LogP contribution in [-0.2, 0) is 6.54 Å². The zero-order valence-electron chi connectivity index (χ0n) is 18.7. The van der Waals surface area contributed by atoms with Gasteiger partial charge in [0.15, 0.2) is 5.76 Å². The summed E-state index contributed by atoms with van der Waals surface area (Å²) >= 11 is 7.12. The highest BCUT2D eigenvalue weighted by atomic mass is 35.5. The monoisotopic (exact) mass is 486 g/mol. The molecule has 0 aliphatic carbocycles. The zero-order valence-corrected chi connectivity index (χ0v) is 20.3. The van der Waals surface area contributed by atoms with Crippen molar-refractivity contribution in [3.63, 3.8) is 0 Å². The Morgan fingerprint density at radius 1 is 1.24 bits per heavy atom. The number of likely N-dealkylation sites (tertiary alicyclic amines) is 1. The highest BCUT2D eigenvalue weighted by Crippen LogP contribution is 2.32. The maximum absolute atomic E-state index is 12.2. The van der Waals surface area contributed by atoms with E-state index in [0.29, 0.717) is 32.3 Å². The number of thiophene rings is 1.